The molecule has 1 atom stereocenters. The van der Waals surface area contributed by atoms with E-state index in [0.29, 0.717) is 10.8 Å². The Labute approximate surface area is 160 Å². The second-order valence-corrected chi connectivity index (χ2v) is 6.77. The number of thioether (sulfide) groups is 1. The fourth-order valence-electron chi connectivity index (χ4n) is 1.94. The Morgan fingerprint density at radius 1 is 1.19 bits per heavy atom. The predicted molar refractivity (Wildman–Crippen MR) is 100 cm³/mol. The zero-order valence-electron chi connectivity index (χ0n) is 14.0. The van der Waals surface area contributed by atoms with E-state index in [1.807, 2.05) is 18.2 Å². The second-order valence-electron chi connectivity index (χ2n) is 5.35. The van der Waals surface area contributed by atoms with E-state index in [9.17, 15) is 14.0 Å². The molecule has 2 rings (SSSR count). The molecule has 5 nitrogen and oxygen atoms in total. The highest BCUT2D eigenvalue weighted by atomic mass is 35.5. The molecule has 0 saturated heterocycles. The fraction of sp³-hybridized carbons (Fsp3) is 0.222. The maximum absolute atomic E-state index is 13.5. The number of ether oxygens (including phenoxy) is 1. The summed E-state index contributed by atoms with van der Waals surface area (Å²) in [4.78, 5) is 23.7. The summed E-state index contributed by atoms with van der Waals surface area (Å²) in [5.41, 5.74) is 5.57. The molecule has 0 saturated carbocycles. The van der Waals surface area contributed by atoms with Crippen molar-refractivity contribution >= 4 is 35.2 Å². The van der Waals surface area contributed by atoms with Crippen molar-refractivity contribution in [3.8, 4) is 5.75 Å². The van der Waals surface area contributed by atoms with Crippen molar-refractivity contribution in [2.75, 3.05) is 5.75 Å². The van der Waals surface area contributed by atoms with Crippen LogP contribution < -0.4 is 15.6 Å². The highest BCUT2D eigenvalue weighted by molar-refractivity contribution is 7.99. The Kier molecular flexibility index (Phi) is 7.74. The first kappa shape index (κ1) is 20.1. The van der Waals surface area contributed by atoms with Gasteiger partial charge in [0.15, 0.2) is 17.7 Å². The molecule has 0 bridgehead atoms. The van der Waals surface area contributed by atoms with Crippen LogP contribution in [0.15, 0.2) is 48.5 Å². The molecule has 26 heavy (non-hydrogen) atoms. The third-order valence-electron chi connectivity index (χ3n) is 3.23. The molecule has 0 aliphatic carbocycles. The van der Waals surface area contributed by atoms with Crippen LogP contribution in [0.2, 0.25) is 5.02 Å². The van der Waals surface area contributed by atoms with E-state index in [1.54, 1.807) is 12.1 Å². The van der Waals surface area contributed by atoms with Gasteiger partial charge < -0.3 is 4.74 Å². The molecule has 0 aromatic heterocycles. The standard InChI is InChI=1S/C18H18ClFN2O3S/c1-12(25-16-8-3-2-7-15(16)20)18(24)22-21-17(23)11-26-10-13-5-4-6-14(19)9-13/h2-9,12H,10-11H2,1H3,(H,21,23)(H,22,24)/t12-/m0/s1. The quantitative estimate of drug-likeness (QED) is 0.704. The zero-order valence-corrected chi connectivity index (χ0v) is 15.6. The Bertz CT molecular complexity index is 776. The van der Waals surface area contributed by atoms with Gasteiger partial charge in [-0.05, 0) is 36.8 Å². The number of hydrogen-bond donors (Lipinski definition) is 2. The maximum atomic E-state index is 13.5. The molecule has 8 heteroatoms. The molecule has 2 aromatic carbocycles. The van der Waals surface area contributed by atoms with Gasteiger partial charge in [-0.1, -0.05) is 35.9 Å². The van der Waals surface area contributed by atoms with Crippen molar-refractivity contribution < 1.29 is 18.7 Å². The van der Waals surface area contributed by atoms with Gasteiger partial charge in [-0.2, -0.15) is 0 Å². The van der Waals surface area contributed by atoms with Gasteiger partial charge in [0.1, 0.15) is 0 Å². The van der Waals surface area contributed by atoms with Crippen molar-refractivity contribution in [1.29, 1.82) is 0 Å². The van der Waals surface area contributed by atoms with Crippen LogP contribution in [0.25, 0.3) is 0 Å². The topological polar surface area (TPSA) is 67.4 Å². The first-order valence-electron chi connectivity index (χ1n) is 7.78. The summed E-state index contributed by atoms with van der Waals surface area (Å²) in [6.07, 6.45) is -0.966. The largest absolute Gasteiger partial charge is 0.478 e. The third kappa shape index (κ3) is 6.57. The van der Waals surface area contributed by atoms with Gasteiger partial charge in [0, 0.05) is 10.8 Å². The SMILES string of the molecule is C[C@H](Oc1ccccc1F)C(=O)NNC(=O)CSCc1cccc(Cl)c1. The predicted octanol–water partition coefficient (Wildman–Crippen LogP) is 3.33. The van der Waals surface area contributed by atoms with Gasteiger partial charge >= 0.3 is 0 Å². The normalized spacial score (nSPS) is 11.5. The minimum absolute atomic E-state index is 0.0291. The van der Waals surface area contributed by atoms with Gasteiger partial charge in [0.05, 0.1) is 5.75 Å². The number of carbonyl (C=O) groups is 2. The lowest BCUT2D eigenvalue weighted by molar-refractivity contribution is -0.132. The first-order chi connectivity index (χ1) is 12.5. The second kappa shape index (κ2) is 10.0. The number of hydrazine groups is 1. The minimum atomic E-state index is -0.966. The summed E-state index contributed by atoms with van der Waals surface area (Å²) in [6, 6.07) is 13.1. The number of carbonyl (C=O) groups excluding carboxylic acids is 2. The average molecular weight is 397 g/mol. The molecule has 0 fully saturated rings. The number of rotatable bonds is 7. The van der Waals surface area contributed by atoms with E-state index >= 15 is 0 Å². The van der Waals surface area contributed by atoms with Crippen molar-refractivity contribution in [1.82, 2.24) is 10.9 Å². The Morgan fingerprint density at radius 2 is 1.96 bits per heavy atom. The van der Waals surface area contributed by atoms with E-state index in [0.717, 1.165) is 5.56 Å². The number of hydrogen-bond acceptors (Lipinski definition) is 4. The van der Waals surface area contributed by atoms with Crippen molar-refractivity contribution in [2.45, 2.75) is 18.8 Å². The summed E-state index contributed by atoms with van der Waals surface area (Å²) >= 11 is 7.28. The van der Waals surface area contributed by atoms with E-state index in [2.05, 4.69) is 10.9 Å². The summed E-state index contributed by atoms with van der Waals surface area (Å²) in [7, 11) is 0. The molecule has 2 N–H and O–H groups in total. The Morgan fingerprint density at radius 3 is 2.69 bits per heavy atom. The number of para-hydroxylation sites is 1. The molecule has 2 amide bonds. The van der Waals surface area contributed by atoms with Crippen molar-refractivity contribution in [3.63, 3.8) is 0 Å². The molecule has 0 heterocycles. The van der Waals surface area contributed by atoms with Crippen LogP contribution in [0.4, 0.5) is 4.39 Å². The third-order valence-corrected chi connectivity index (χ3v) is 4.46. The van der Waals surface area contributed by atoms with Gasteiger partial charge in [0.2, 0.25) is 5.91 Å². The van der Waals surface area contributed by atoms with Crippen molar-refractivity contribution in [3.05, 3.63) is 64.9 Å². The van der Waals surface area contributed by atoms with Gasteiger partial charge in [0.25, 0.3) is 5.91 Å². The summed E-state index contributed by atoms with van der Waals surface area (Å²) in [6.45, 7) is 1.46. The van der Waals surface area contributed by atoms with Gasteiger partial charge in [-0.15, -0.1) is 11.8 Å². The molecule has 0 radical (unpaired) electrons. The first-order valence-corrected chi connectivity index (χ1v) is 9.31. The maximum Gasteiger partial charge on any atom is 0.279 e. The zero-order chi connectivity index (χ0) is 18.9. The van der Waals surface area contributed by atoms with Gasteiger partial charge in [-0.3, -0.25) is 20.4 Å². The highest BCUT2D eigenvalue weighted by Gasteiger charge is 2.17. The van der Waals surface area contributed by atoms with Crippen molar-refractivity contribution in [2.24, 2.45) is 0 Å². The van der Waals surface area contributed by atoms with E-state index in [4.69, 9.17) is 16.3 Å². The number of halogens is 2. The summed E-state index contributed by atoms with van der Waals surface area (Å²) < 4.78 is 18.7. The summed E-state index contributed by atoms with van der Waals surface area (Å²) in [5, 5.41) is 0.642. The Balaban J connectivity index is 1.69. The lowest BCUT2D eigenvalue weighted by Crippen LogP contribution is -2.47. The molecule has 0 unspecified atom stereocenters. The average Bonchev–Trinajstić information content (AvgIpc) is 2.61. The van der Waals surface area contributed by atoms with Crippen LogP contribution in [0, 0.1) is 5.82 Å². The van der Waals surface area contributed by atoms with Crippen LogP contribution in [-0.2, 0) is 15.3 Å². The molecular weight excluding hydrogens is 379 g/mol. The minimum Gasteiger partial charge on any atom is -0.478 e. The Hall–Kier alpha value is -2.25. The monoisotopic (exact) mass is 396 g/mol. The smallest absolute Gasteiger partial charge is 0.279 e. The molecule has 2 aromatic rings. The molecule has 0 spiro atoms. The van der Waals surface area contributed by atoms with Crippen LogP contribution in [0.1, 0.15) is 12.5 Å². The molecular formula is C18H18ClFN2O3S. The molecule has 0 aliphatic heterocycles. The summed E-state index contributed by atoms with van der Waals surface area (Å²) in [5.74, 6) is -0.749. The number of amides is 2. The fourth-order valence-corrected chi connectivity index (χ4v) is 2.93. The van der Waals surface area contributed by atoms with E-state index in [-0.39, 0.29) is 17.4 Å². The lowest BCUT2D eigenvalue weighted by atomic mass is 10.2. The molecule has 0 aliphatic rings. The van der Waals surface area contributed by atoms with E-state index in [1.165, 1.54) is 36.9 Å². The van der Waals surface area contributed by atoms with Crippen LogP contribution >= 0.6 is 23.4 Å². The number of nitrogens with one attached hydrogen (secondary N) is 2. The highest BCUT2D eigenvalue weighted by Crippen LogP contribution is 2.17. The van der Waals surface area contributed by atoms with Crippen LogP contribution in [0.5, 0.6) is 5.75 Å². The van der Waals surface area contributed by atoms with Crippen LogP contribution in [-0.4, -0.2) is 23.7 Å². The van der Waals surface area contributed by atoms with Gasteiger partial charge in [-0.25, -0.2) is 4.39 Å². The van der Waals surface area contributed by atoms with E-state index < -0.39 is 17.8 Å². The molecule has 138 valence electrons. The lowest BCUT2D eigenvalue weighted by Gasteiger charge is -2.15. The van der Waals surface area contributed by atoms with Crippen LogP contribution in [0.3, 0.4) is 0 Å². The number of benzene rings is 2.